The fourth-order valence-electron chi connectivity index (χ4n) is 6.74. The zero-order valence-electron chi connectivity index (χ0n) is 22.7. The SMILES string of the molecule is C=CCOC(=O)[C@H]1[C@H]2C(=O)N([C@@H](CO)Cc3ccccc3)C(C(=O)N(CC=C)C(C)CCC)C23CC(Br)[C@@H]1O3. The third kappa shape index (κ3) is 5.21. The summed E-state index contributed by atoms with van der Waals surface area (Å²) >= 11 is 3.68. The molecule has 2 bridgehead atoms. The number of carbonyl (C=O) groups excluding carboxylic acids is 3. The van der Waals surface area contributed by atoms with Crippen molar-refractivity contribution >= 4 is 33.7 Å². The molecule has 3 aliphatic heterocycles. The van der Waals surface area contributed by atoms with Crippen molar-refractivity contribution in [1.29, 1.82) is 0 Å². The molecule has 3 heterocycles. The van der Waals surface area contributed by atoms with E-state index in [0.29, 0.717) is 19.4 Å². The molecule has 9 heteroatoms. The summed E-state index contributed by atoms with van der Waals surface area (Å²) < 4.78 is 12.0. The lowest BCUT2D eigenvalue weighted by Gasteiger charge is -2.41. The van der Waals surface area contributed by atoms with Crippen molar-refractivity contribution in [3.8, 4) is 0 Å². The number of likely N-dealkylation sites (tertiary alicyclic amines) is 1. The molecule has 1 aromatic rings. The Kier molecular flexibility index (Phi) is 9.34. The molecule has 2 amide bonds. The quantitative estimate of drug-likeness (QED) is 0.211. The number of fused-ring (bicyclic) bond motifs is 1. The first-order chi connectivity index (χ1) is 18.7. The maximum absolute atomic E-state index is 14.5. The highest BCUT2D eigenvalue weighted by Gasteiger charge is 2.77. The van der Waals surface area contributed by atoms with Crippen molar-refractivity contribution in [2.75, 3.05) is 19.8 Å². The number of halogens is 1. The van der Waals surface area contributed by atoms with E-state index in [0.717, 1.165) is 18.4 Å². The largest absolute Gasteiger partial charge is 0.461 e. The van der Waals surface area contributed by atoms with Gasteiger partial charge in [0.2, 0.25) is 11.8 Å². The van der Waals surface area contributed by atoms with E-state index in [1.54, 1.807) is 11.0 Å². The average molecular weight is 604 g/mol. The molecule has 0 radical (unpaired) electrons. The molecule has 1 aromatic carbocycles. The Balaban J connectivity index is 1.81. The Hall–Kier alpha value is -2.49. The molecular formula is C30H39BrN2O6. The normalized spacial score (nSPS) is 30.5. The van der Waals surface area contributed by atoms with Crippen LogP contribution in [0.2, 0.25) is 0 Å². The minimum atomic E-state index is -1.22. The van der Waals surface area contributed by atoms with Gasteiger partial charge in [-0.3, -0.25) is 14.4 Å². The fourth-order valence-corrected chi connectivity index (χ4v) is 7.68. The summed E-state index contributed by atoms with van der Waals surface area (Å²) in [6, 6.07) is 7.78. The van der Waals surface area contributed by atoms with Gasteiger partial charge in [-0.1, -0.05) is 78.3 Å². The van der Waals surface area contributed by atoms with E-state index in [9.17, 15) is 19.5 Å². The number of esters is 1. The minimum absolute atomic E-state index is 0.0178. The van der Waals surface area contributed by atoms with Crippen molar-refractivity contribution in [2.45, 2.75) is 74.2 Å². The van der Waals surface area contributed by atoms with Crippen LogP contribution in [0.3, 0.4) is 0 Å². The number of benzene rings is 1. The molecule has 212 valence electrons. The van der Waals surface area contributed by atoms with Crippen LogP contribution in [0, 0.1) is 11.8 Å². The molecule has 3 aliphatic rings. The van der Waals surface area contributed by atoms with Crippen molar-refractivity contribution in [3.05, 3.63) is 61.2 Å². The highest BCUT2D eigenvalue weighted by Crippen LogP contribution is 2.60. The van der Waals surface area contributed by atoms with Gasteiger partial charge in [-0.25, -0.2) is 0 Å². The number of hydrogen-bond donors (Lipinski definition) is 1. The molecule has 3 fully saturated rings. The van der Waals surface area contributed by atoms with Gasteiger partial charge in [0, 0.05) is 17.4 Å². The minimum Gasteiger partial charge on any atom is -0.461 e. The highest BCUT2D eigenvalue weighted by molar-refractivity contribution is 9.09. The van der Waals surface area contributed by atoms with E-state index in [-0.39, 0.29) is 35.9 Å². The number of amides is 2. The zero-order chi connectivity index (χ0) is 28.3. The molecule has 0 saturated carbocycles. The van der Waals surface area contributed by atoms with Crippen LogP contribution in [0.25, 0.3) is 0 Å². The lowest BCUT2D eigenvalue weighted by Crippen LogP contribution is -2.60. The second-order valence-corrected chi connectivity index (χ2v) is 11.9. The summed E-state index contributed by atoms with van der Waals surface area (Å²) in [5, 5.41) is 10.6. The van der Waals surface area contributed by atoms with Crippen LogP contribution in [0.1, 0.15) is 38.7 Å². The number of nitrogens with zero attached hydrogens (tertiary/aromatic N) is 2. The summed E-state index contributed by atoms with van der Waals surface area (Å²) in [6.45, 7) is 11.5. The summed E-state index contributed by atoms with van der Waals surface area (Å²) in [5.41, 5.74) is -0.293. The highest BCUT2D eigenvalue weighted by atomic mass is 79.9. The number of alkyl halides is 1. The molecule has 3 saturated heterocycles. The molecule has 4 unspecified atom stereocenters. The summed E-state index contributed by atoms with van der Waals surface area (Å²) in [6.07, 6.45) is 4.97. The maximum atomic E-state index is 14.5. The van der Waals surface area contributed by atoms with E-state index in [1.807, 2.05) is 37.3 Å². The third-order valence-corrected chi connectivity index (χ3v) is 9.19. The second kappa shape index (κ2) is 12.4. The van der Waals surface area contributed by atoms with Crippen LogP contribution >= 0.6 is 15.9 Å². The van der Waals surface area contributed by atoms with Crippen LogP contribution in [0.5, 0.6) is 0 Å². The Morgan fingerprint density at radius 1 is 1.31 bits per heavy atom. The van der Waals surface area contributed by atoms with E-state index in [2.05, 4.69) is 36.0 Å². The number of ether oxygens (including phenoxy) is 2. The first-order valence-corrected chi connectivity index (χ1v) is 14.6. The molecular weight excluding hydrogens is 564 g/mol. The predicted octanol–water partition coefficient (Wildman–Crippen LogP) is 3.27. The van der Waals surface area contributed by atoms with Gasteiger partial charge in [0.15, 0.2) is 0 Å². The third-order valence-electron chi connectivity index (χ3n) is 8.34. The topological polar surface area (TPSA) is 96.4 Å². The van der Waals surface area contributed by atoms with Crippen LogP contribution < -0.4 is 0 Å². The first kappa shape index (κ1) is 29.5. The molecule has 0 aromatic heterocycles. The van der Waals surface area contributed by atoms with E-state index < -0.39 is 41.6 Å². The first-order valence-electron chi connectivity index (χ1n) is 13.7. The van der Waals surface area contributed by atoms with E-state index in [1.165, 1.54) is 11.0 Å². The van der Waals surface area contributed by atoms with Gasteiger partial charge in [-0.2, -0.15) is 0 Å². The van der Waals surface area contributed by atoms with Crippen LogP contribution in [-0.2, 0) is 30.3 Å². The Morgan fingerprint density at radius 2 is 2.03 bits per heavy atom. The van der Waals surface area contributed by atoms with E-state index >= 15 is 0 Å². The van der Waals surface area contributed by atoms with Crippen LogP contribution in [0.15, 0.2) is 55.6 Å². The molecule has 4 rings (SSSR count). The van der Waals surface area contributed by atoms with Gasteiger partial charge < -0.3 is 24.4 Å². The molecule has 39 heavy (non-hydrogen) atoms. The number of hydrogen-bond acceptors (Lipinski definition) is 6. The number of carbonyl (C=O) groups is 3. The van der Waals surface area contributed by atoms with Crippen LogP contribution in [-0.4, -0.2) is 87.1 Å². The fraction of sp³-hybridized carbons (Fsp3) is 0.567. The van der Waals surface area contributed by atoms with Gasteiger partial charge in [-0.15, -0.1) is 6.58 Å². The van der Waals surface area contributed by atoms with Gasteiger partial charge in [0.25, 0.3) is 0 Å². The maximum Gasteiger partial charge on any atom is 0.312 e. The summed E-state index contributed by atoms with van der Waals surface area (Å²) in [5.74, 6) is -2.90. The Morgan fingerprint density at radius 3 is 2.64 bits per heavy atom. The summed E-state index contributed by atoms with van der Waals surface area (Å²) in [7, 11) is 0. The second-order valence-electron chi connectivity index (χ2n) is 10.8. The molecule has 1 spiro atoms. The smallest absolute Gasteiger partial charge is 0.312 e. The Labute approximate surface area is 239 Å². The zero-order valence-corrected chi connectivity index (χ0v) is 24.3. The molecule has 8 atom stereocenters. The van der Waals surface area contributed by atoms with Gasteiger partial charge in [0.05, 0.1) is 30.6 Å². The number of aliphatic hydroxyl groups is 1. The lowest BCUT2D eigenvalue weighted by molar-refractivity contribution is -0.156. The monoisotopic (exact) mass is 602 g/mol. The Bertz CT molecular complexity index is 1080. The van der Waals surface area contributed by atoms with Gasteiger partial charge in [-0.05, 0) is 31.7 Å². The van der Waals surface area contributed by atoms with Crippen molar-refractivity contribution in [2.24, 2.45) is 11.8 Å². The van der Waals surface area contributed by atoms with Crippen molar-refractivity contribution in [1.82, 2.24) is 9.80 Å². The summed E-state index contributed by atoms with van der Waals surface area (Å²) in [4.78, 5) is 45.2. The molecule has 1 N–H and O–H groups in total. The van der Waals surface area contributed by atoms with Crippen molar-refractivity contribution < 1.29 is 29.0 Å². The van der Waals surface area contributed by atoms with E-state index in [4.69, 9.17) is 9.47 Å². The predicted molar refractivity (Wildman–Crippen MR) is 151 cm³/mol. The van der Waals surface area contributed by atoms with Gasteiger partial charge in [0.1, 0.15) is 18.2 Å². The van der Waals surface area contributed by atoms with Crippen LogP contribution in [0.4, 0.5) is 0 Å². The number of aliphatic hydroxyl groups excluding tert-OH is 1. The molecule has 8 nitrogen and oxygen atoms in total. The van der Waals surface area contributed by atoms with Gasteiger partial charge >= 0.3 is 5.97 Å². The average Bonchev–Trinajstić information content (AvgIpc) is 3.52. The molecule has 0 aliphatic carbocycles. The van der Waals surface area contributed by atoms with Crippen molar-refractivity contribution in [3.63, 3.8) is 0 Å². The number of rotatable bonds is 13. The standard InChI is InChI=1S/C30H39BrN2O6/c1-5-11-19(4)32(14-6-2)28(36)26-30-17-22(31)25(39-30)23(29(37)38-15-7-3)24(30)27(35)33(26)21(18-34)16-20-12-9-8-10-13-20/h6-10,12-13,19,21-26,34H,2-3,5,11,14-18H2,1,4H3/t19?,21-,22?,23+,24+,25+,26?,30?/m1/s1. The lowest BCUT2D eigenvalue weighted by atomic mass is 9.70.